The van der Waals surface area contributed by atoms with E-state index in [-0.39, 0.29) is 0 Å². The summed E-state index contributed by atoms with van der Waals surface area (Å²) < 4.78 is 0. The van der Waals surface area contributed by atoms with E-state index in [1.807, 2.05) is 0 Å². The van der Waals surface area contributed by atoms with Crippen molar-refractivity contribution in [2.24, 2.45) is 5.90 Å². The van der Waals surface area contributed by atoms with Gasteiger partial charge < -0.3 is 5.73 Å². The first-order valence-corrected chi connectivity index (χ1v) is 2.44. The number of hydrogen-bond donors (Lipinski definition) is 3. The van der Waals surface area contributed by atoms with Crippen LogP contribution in [0.2, 0.25) is 0 Å². The van der Waals surface area contributed by atoms with Gasteiger partial charge in [-0.1, -0.05) is 0 Å². The first-order valence-electron chi connectivity index (χ1n) is 2.44. The summed E-state index contributed by atoms with van der Waals surface area (Å²) in [5.41, 5.74) is 6.15. The van der Waals surface area contributed by atoms with Crippen LogP contribution in [-0.2, 0) is 11.4 Å². The number of anilines is 1. The molecule has 5 nitrogen and oxygen atoms in total. The SMILES string of the molecule is NOCc1cn[nH]c1N. The summed E-state index contributed by atoms with van der Waals surface area (Å²) in [6, 6.07) is 0. The fourth-order valence-corrected chi connectivity index (χ4v) is 0.526. The highest BCUT2D eigenvalue weighted by Crippen LogP contribution is 2.05. The molecule has 0 saturated heterocycles. The maximum atomic E-state index is 5.37. The summed E-state index contributed by atoms with van der Waals surface area (Å²) in [4.78, 5) is 4.33. The lowest BCUT2D eigenvalue weighted by Gasteiger charge is -1.92. The Morgan fingerprint density at radius 3 is 3.00 bits per heavy atom. The normalized spacial score (nSPS) is 9.89. The minimum atomic E-state index is 0.294. The molecule has 1 rings (SSSR count). The van der Waals surface area contributed by atoms with Gasteiger partial charge in [-0.3, -0.25) is 9.94 Å². The molecule has 0 aliphatic carbocycles. The van der Waals surface area contributed by atoms with Crippen LogP contribution in [0.5, 0.6) is 0 Å². The summed E-state index contributed by atoms with van der Waals surface area (Å²) in [6.07, 6.45) is 1.57. The highest BCUT2D eigenvalue weighted by molar-refractivity contribution is 5.35. The first kappa shape index (κ1) is 6.06. The van der Waals surface area contributed by atoms with Gasteiger partial charge in [0.05, 0.1) is 12.8 Å². The van der Waals surface area contributed by atoms with Crippen molar-refractivity contribution in [3.63, 3.8) is 0 Å². The Bertz CT molecular complexity index is 184. The quantitative estimate of drug-likeness (QED) is 0.463. The molecular formula is C4H8N4O. The fourth-order valence-electron chi connectivity index (χ4n) is 0.526. The van der Waals surface area contributed by atoms with Crippen LogP contribution in [0, 0.1) is 0 Å². The molecular weight excluding hydrogens is 120 g/mol. The molecule has 0 amide bonds. The molecule has 0 saturated carbocycles. The second-order valence-corrected chi connectivity index (χ2v) is 1.62. The molecule has 0 spiro atoms. The molecule has 9 heavy (non-hydrogen) atoms. The Hall–Kier alpha value is -1.07. The van der Waals surface area contributed by atoms with E-state index in [1.54, 1.807) is 6.20 Å². The third kappa shape index (κ3) is 1.18. The van der Waals surface area contributed by atoms with E-state index in [0.29, 0.717) is 12.4 Å². The smallest absolute Gasteiger partial charge is 0.124 e. The highest BCUT2D eigenvalue weighted by Gasteiger charge is 1.97. The molecule has 0 aliphatic heterocycles. The van der Waals surface area contributed by atoms with Crippen LogP contribution >= 0.6 is 0 Å². The van der Waals surface area contributed by atoms with Gasteiger partial charge in [0.1, 0.15) is 5.82 Å². The number of nitrogens with two attached hydrogens (primary N) is 2. The Balaban J connectivity index is 2.69. The van der Waals surface area contributed by atoms with Crippen LogP contribution < -0.4 is 11.6 Å². The summed E-state index contributed by atoms with van der Waals surface area (Å²) in [7, 11) is 0. The number of aromatic nitrogens is 2. The average Bonchev–Trinajstić information content (AvgIpc) is 2.18. The van der Waals surface area contributed by atoms with E-state index in [1.165, 1.54) is 0 Å². The number of H-pyrrole nitrogens is 1. The molecule has 1 aromatic rings. The van der Waals surface area contributed by atoms with Crippen LogP contribution in [0.25, 0.3) is 0 Å². The summed E-state index contributed by atoms with van der Waals surface area (Å²) in [5, 5.41) is 6.20. The summed E-state index contributed by atoms with van der Waals surface area (Å²) in [5.74, 6) is 5.29. The molecule has 0 aromatic carbocycles. The van der Waals surface area contributed by atoms with Gasteiger partial charge >= 0.3 is 0 Å². The second-order valence-electron chi connectivity index (χ2n) is 1.62. The van der Waals surface area contributed by atoms with Crippen molar-refractivity contribution in [2.45, 2.75) is 6.61 Å². The lowest BCUT2D eigenvalue weighted by Crippen LogP contribution is -2.00. The van der Waals surface area contributed by atoms with Crippen molar-refractivity contribution in [3.05, 3.63) is 11.8 Å². The van der Waals surface area contributed by atoms with Crippen LogP contribution in [0.3, 0.4) is 0 Å². The van der Waals surface area contributed by atoms with Gasteiger partial charge in [-0.2, -0.15) is 5.10 Å². The number of rotatable bonds is 2. The fraction of sp³-hybridized carbons (Fsp3) is 0.250. The molecule has 1 heterocycles. The predicted molar refractivity (Wildman–Crippen MR) is 32.0 cm³/mol. The van der Waals surface area contributed by atoms with Gasteiger partial charge in [0.25, 0.3) is 0 Å². The monoisotopic (exact) mass is 128 g/mol. The van der Waals surface area contributed by atoms with E-state index in [4.69, 9.17) is 11.6 Å². The molecule has 0 aliphatic rings. The average molecular weight is 128 g/mol. The predicted octanol–water partition coefficient (Wildman–Crippen LogP) is -0.618. The summed E-state index contributed by atoms with van der Waals surface area (Å²) in [6.45, 7) is 0.294. The van der Waals surface area contributed by atoms with Crippen LogP contribution in [0.15, 0.2) is 6.20 Å². The molecule has 50 valence electrons. The number of hydrogen-bond acceptors (Lipinski definition) is 4. The van der Waals surface area contributed by atoms with Crippen LogP contribution in [0.4, 0.5) is 5.82 Å². The van der Waals surface area contributed by atoms with E-state index >= 15 is 0 Å². The third-order valence-corrected chi connectivity index (χ3v) is 0.990. The number of nitrogens with zero attached hydrogens (tertiary/aromatic N) is 1. The topological polar surface area (TPSA) is 90.0 Å². The van der Waals surface area contributed by atoms with Crippen molar-refractivity contribution < 1.29 is 4.84 Å². The standard InChI is InChI=1S/C4H8N4O/c5-4-3(2-9-6)1-7-8-4/h1H,2,6H2,(H3,5,7,8). The summed E-state index contributed by atoms with van der Waals surface area (Å²) >= 11 is 0. The highest BCUT2D eigenvalue weighted by atomic mass is 16.6. The van der Waals surface area contributed by atoms with Crippen molar-refractivity contribution in [3.8, 4) is 0 Å². The molecule has 0 bridgehead atoms. The molecule has 1 aromatic heterocycles. The third-order valence-electron chi connectivity index (χ3n) is 0.990. The molecule has 0 unspecified atom stereocenters. The van der Waals surface area contributed by atoms with E-state index in [2.05, 4.69) is 15.0 Å². The molecule has 0 atom stereocenters. The first-order chi connectivity index (χ1) is 4.34. The molecule has 5 N–H and O–H groups in total. The van der Waals surface area contributed by atoms with Crippen molar-refractivity contribution in [2.75, 3.05) is 5.73 Å². The van der Waals surface area contributed by atoms with Gasteiger partial charge in [-0.15, -0.1) is 0 Å². The van der Waals surface area contributed by atoms with Crippen molar-refractivity contribution in [1.29, 1.82) is 0 Å². The van der Waals surface area contributed by atoms with E-state index < -0.39 is 0 Å². The van der Waals surface area contributed by atoms with Crippen LogP contribution in [0.1, 0.15) is 5.56 Å². The number of nitrogens with one attached hydrogen (secondary N) is 1. The zero-order valence-electron chi connectivity index (χ0n) is 4.79. The minimum absolute atomic E-state index is 0.294. The Kier molecular flexibility index (Phi) is 1.66. The van der Waals surface area contributed by atoms with Gasteiger partial charge in [-0.25, -0.2) is 5.90 Å². The Morgan fingerprint density at radius 1 is 1.78 bits per heavy atom. The zero-order chi connectivity index (χ0) is 6.69. The maximum Gasteiger partial charge on any atom is 0.124 e. The van der Waals surface area contributed by atoms with E-state index in [9.17, 15) is 0 Å². The Labute approximate surface area is 51.9 Å². The van der Waals surface area contributed by atoms with Gasteiger partial charge in [0.2, 0.25) is 0 Å². The number of nitrogen functional groups attached to an aromatic ring is 1. The minimum Gasteiger partial charge on any atom is -0.384 e. The van der Waals surface area contributed by atoms with Gasteiger partial charge in [-0.05, 0) is 0 Å². The lowest BCUT2D eigenvalue weighted by molar-refractivity contribution is 0.124. The van der Waals surface area contributed by atoms with Gasteiger partial charge in [0.15, 0.2) is 0 Å². The van der Waals surface area contributed by atoms with Gasteiger partial charge in [0, 0.05) is 5.56 Å². The van der Waals surface area contributed by atoms with Crippen LogP contribution in [-0.4, -0.2) is 10.2 Å². The zero-order valence-corrected chi connectivity index (χ0v) is 4.79. The molecule has 5 heteroatoms. The van der Waals surface area contributed by atoms with Crippen molar-refractivity contribution >= 4 is 5.82 Å². The van der Waals surface area contributed by atoms with Crippen molar-refractivity contribution in [1.82, 2.24) is 10.2 Å². The Morgan fingerprint density at radius 2 is 2.56 bits per heavy atom. The van der Waals surface area contributed by atoms with E-state index in [0.717, 1.165) is 5.56 Å². The molecule has 0 fully saturated rings. The second kappa shape index (κ2) is 2.47. The molecule has 0 radical (unpaired) electrons. The number of aromatic amines is 1. The lowest BCUT2D eigenvalue weighted by atomic mass is 10.4. The maximum absolute atomic E-state index is 5.37. The largest absolute Gasteiger partial charge is 0.384 e.